The smallest absolute Gasteiger partial charge is 0.360 e. The average molecular weight is 277 g/mol. The van der Waals surface area contributed by atoms with Gasteiger partial charge in [-0.15, -0.1) is 0 Å². The van der Waals surface area contributed by atoms with Crippen molar-refractivity contribution < 1.29 is 14.3 Å². The Kier molecular flexibility index (Phi) is 3.55. The predicted octanol–water partition coefficient (Wildman–Crippen LogP) is 0.501. The maximum atomic E-state index is 12.2. The summed E-state index contributed by atoms with van der Waals surface area (Å²) in [7, 11) is 4.60. The largest absolute Gasteiger partial charge is 0.464 e. The van der Waals surface area contributed by atoms with Gasteiger partial charge in [0.25, 0.3) is 5.91 Å². The zero-order chi connectivity index (χ0) is 14.9. The van der Waals surface area contributed by atoms with Gasteiger partial charge in [-0.3, -0.25) is 14.2 Å². The van der Waals surface area contributed by atoms with Gasteiger partial charge in [-0.05, 0) is 13.0 Å². The van der Waals surface area contributed by atoms with E-state index in [4.69, 9.17) is 0 Å². The molecule has 0 spiro atoms. The highest BCUT2D eigenvalue weighted by molar-refractivity contribution is 6.07. The summed E-state index contributed by atoms with van der Waals surface area (Å²) in [5.41, 5.74) is 1.44. The molecule has 0 fully saturated rings. The molecule has 0 atom stereocenters. The second-order valence-corrected chi connectivity index (χ2v) is 4.22. The average Bonchev–Trinajstić information content (AvgIpc) is 2.96. The van der Waals surface area contributed by atoms with Gasteiger partial charge in [0.15, 0.2) is 5.69 Å². The Morgan fingerprint density at radius 1 is 1.30 bits per heavy atom. The molecule has 0 saturated carbocycles. The van der Waals surface area contributed by atoms with Gasteiger partial charge >= 0.3 is 5.97 Å². The van der Waals surface area contributed by atoms with Crippen molar-refractivity contribution in [1.29, 1.82) is 0 Å². The van der Waals surface area contributed by atoms with E-state index in [1.54, 1.807) is 27.1 Å². The van der Waals surface area contributed by atoms with Crippen molar-refractivity contribution >= 4 is 17.6 Å². The first-order chi connectivity index (χ1) is 9.45. The third kappa shape index (κ3) is 2.27. The lowest BCUT2D eigenvalue weighted by molar-refractivity contribution is 0.0594. The fourth-order valence-corrected chi connectivity index (χ4v) is 1.77. The van der Waals surface area contributed by atoms with E-state index in [1.807, 2.05) is 0 Å². The Bertz CT molecular complexity index is 671. The number of methoxy groups -OCH3 is 1. The Morgan fingerprint density at radius 2 is 2.00 bits per heavy atom. The first kappa shape index (κ1) is 13.8. The second kappa shape index (κ2) is 5.16. The van der Waals surface area contributed by atoms with Crippen LogP contribution in [0.1, 0.15) is 26.7 Å². The summed E-state index contributed by atoms with van der Waals surface area (Å²) in [5.74, 6) is -0.972. The Morgan fingerprint density at radius 3 is 2.55 bits per heavy atom. The van der Waals surface area contributed by atoms with Crippen LogP contribution < -0.4 is 5.32 Å². The molecule has 0 bridgehead atoms. The van der Waals surface area contributed by atoms with Gasteiger partial charge in [0.1, 0.15) is 5.69 Å². The highest BCUT2D eigenvalue weighted by atomic mass is 16.5. The number of esters is 1. The van der Waals surface area contributed by atoms with E-state index in [9.17, 15) is 9.59 Å². The lowest BCUT2D eigenvalue weighted by atomic mass is 10.2. The summed E-state index contributed by atoms with van der Waals surface area (Å²) < 4.78 is 7.61. The van der Waals surface area contributed by atoms with Crippen LogP contribution in [0.2, 0.25) is 0 Å². The number of rotatable bonds is 3. The molecule has 2 aromatic rings. The van der Waals surface area contributed by atoms with Gasteiger partial charge in [0, 0.05) is 20.3 Å². The van der Waals surface area contributed by atoms with Gasteiger partial charge in [0.2, 0.25) is 0 Å². The molecule has 0 aliphatic rings. The van der Waals surface area contributed by atoms with Crippen molar-refractivity contribution in [3.05, 3.63) is 29.3 Å². The number of aryl methyl sites for hydroxylation is 2. The molecular formula is C12H15N5O3. The van der Waals surface area contributed by atoms with E-state index < -0.39 is 5.97 Å². The predicted molar refractivity (Wildman–Crippen MR) is 70.4 cm³/mol. The summed E-state index contributed by atoms with van der Waals surface area (Å²) in [5, 5.41) is 10.6. The Labute approximate surface area is 115 Å². The van der Waals surface area contributed by atoms with Crippen LogP contribution in [0.5, 0.6) is 0 Å². The van der Waals surface area contributed by atoms with Gasteiger partial charge < -0.3 is 10.1 Å². The van der Waals surface area contributed by atoms with Crippen molar-refractivity contribution in [1.82, 2.24) is 19.6 Å². The fourth-order valence-electron chi connectivity index (χ4n) is 1.77. The van der Waals surface area contributed by atoms with Gasteiger partial charge in [-0.2, -0.15) is 10.2 Å². The van der Waals surface area contributed by atoms with Crippen LogP contribution in [-0.4, -0.2) is 38.5 Å². The Balaban J connectivity index is 2.36. The molecule has 8 heteroatoms. The van der Waals surface area contributed by atoms with Crippen molar-refractivity contribution in [3.63, 3.8) is 0 Å². The monoisotopic (exact) mass is 277 g/mol. The minimum absolute atomic E-state index is 0.0722. The molecule has 106 valence electrons. The quantitative estimate of drug-likeness (QED) is 0.825. The standard InChI is InChI=1S/C12H15N5O3/c1-7-9(10(12(19)20-4)15-16(7)2)14-11(18)8-5-6-13-17(8)3/h5-6H,1-4H3,(H,14,18). The molecule has 0 unspecified atom stereocenters. The van der Waals surface area contributed by atoms with Crippen LogP contribution >= 0.6 is 0 Å². The molecule has 0 aromatic carbocycles. The van der Waals surface area contributed by atoms with Crippen molar-refractivity contribution in [2.45, 2.75) is 6.92 Å². The SMILES string of the molecule is COC(=O)c1nn(C)c(C)c1NC(=O)c1ccnn1C. The van der Waals surface area contributed by atoms with Crippen LogP contribution in [0.15, 0.2) is 12.3 Å². The number of hydrogen-bond donors (Lipinski definition) is 1. The molecule has 0 aliphatic carbocycles. The van der Waals surface area contributed by atoms with Crippen molar-refractivity contribution in [3.8, 4) is 0 Å². The molecule has 8 nitrogen and oxygen atoms in total. The number of carbonyl (C=O) groups is 2. The third-order valence-electron chi connectivity index (χ3n) is 3.00. The normalized spacial score (nSPS) is 10.4. The van der Waals surface area contributed by atoms with Gasteiger partial charge in [-0.1, -0.05) is 0 Å². The number of amides is 1. The van der Waals surface area contributed by atoms with Gasteiger partial charge in [0.05, 0.1) is 18.5 Å². The van der Waals surface area contributed by atoms with Crippen LogP contribution in [0.4, 0.5) is 5.69 Å². The molecular weight excluding hydrogens is 262 g/mol. The molecule has 2 aromatic heterocycles. The maximum absolute atomic E-state index is 12.2. The molecule has 2 rings (SSSR count). The van der Waals surface area contributed by atoms with E-state index in [2.05, 4.69) is 20.3 Å². The number of nitrogens with one attached hydrogen (secondary N) is 1. The van der Waals surface area contributed by atoms with Crippen LogP contribution in [-0.2, 0) is 18.8 Å². The van der Waals surface area contributed by atoms with E-state index in [-0.39, 0.29) is 11.6 Å². The van der Waals surface area contributed by atoms with E-state index in [0.717, 1.165) is 0 Å². The first-order valence-electron chi connectivity index (χ1n) is 5.87. The first-order valence-corrected chi connectivity index (χ1v) is 5.87. The van der Waals surface area contributed by atoms with Crippen molar-refractivity contribution in [2.75, 3.05) is 12.4 Å². The molecule has 2 heterocycles. The highest BCUT2D eigenvalue weighted by Gasteiger charge is 2.23. The minimum Gasteiger partial charge on any atom is -0.464 e. The van der Waals surface area contributed by atoms with Crippen molar-refractivity contribution in [2.24, 2.45) is 14.1 Å². The zero-order valence-corrected chi connectivity index (χ0v) is 11.7. The zero-order valence-electron chi connectivity index (χ0n) is 11.7. The molecule has 1 amide bonds. The molecule has 0 radical (unpaired) electrons. The van der Waals surface area contributed by atoms with E-state index in [0.29, 0.717) is 17.1 Å². The van der Waals surface area contributed by atoms with Crippen LogP contribution in [0.3, 0.4) is 0 Å². The third-order valence-corrected chi connectivity index (χ3v) is 3.00. The lowest BCUT2D eigenvalue weighted by Crippen LogP contribution is -2.18. The summed E-state index contributed by atoms with van der Waals surface area (Å²) >= 11 is 0. The number of ether oxygens (including phenoxy) is 1. The number of nitrogens with zero attached hydrogens (tertiary/aromatic N) is 4. The summed E-state index contributed by atoms with van der Waals surface area (Å²) in [4.78, 5) is 23.8. The minimum atomic E-state index is -0.603. The van der Waals surface area contributed by atoms with Crippen LogP contribution in [0, 0.1) is 6.92 Å². The number of hydrogen-bond acceptors (Lipinski definition) is 5. The second-order valence-electron chi connectivity index (χ2n) is 4.22. The topological polar surface area (TPSA) is 91.0 Å². The molecule has 20 heavy (non-hydrogen) atoms. The summed E-state index contributed by atoms with van der Waals surface area (Å²) in [6.45, 7) is 1.75. The Hall–Kier alpha value is -2.64. The molecule has 0 saturated heterocycles. The molecule has 0 aliphatic heterocycles. The summed E-state index contributed by atoms with van der Waals surface area (Å²) in [6, 6.07) is 1.58. The maximum Gasteiger partial charge on any atom is 0.360 e. The molecule has 1 N–H and O–H groups in total. The van der Waals surface area contributed by atoms with Crippen LogP contribution in [0.25, 0.3) is 0 Å². The number of anilines is 1. The van der Waals surface area contributed by atoms with E-state index >= 15 is 0 Å². The highest BCUT2D eigenvalue weighted by Crippen LogP contribution is 2.21. The fraction of sp³-hybridized carbons (Fsp3) is 0.333. The number of carbonyl (C=O) groups excluding carboxylic acids is 2. The number of aromatic nitrogens is 4. The van der Waals surface area contributed by atoms with Gasteiger partial charge in [-0.25, -0.2) is 4.79 Å². The van der Waals surface area contributed by atoms with E-state index in [1.165, 1.54) is 22.7 Å². The summed E-state index contributed by atoms with van der Waals surface area (Å²) in [6.07, 6.45) is 1.52. The lowest BCUT2D eigenvalue weighted by Gasteiger charge is -2.06.